The van der Waals surface area contributed by atoms with Crippen LogP contribution in [0.3, 0.4) is 0 Å². The van der Waals surface area contributed by atoms with Gasteiger partial charge < -0.3 is 0 Å². The highest BCUT2D eigenvalue weighted by atomic mass is 32.2. The van der Waals surface area contributed by atoms with Crippen LogP contribution in [0.4, 0.5) is 17.1 Å². The van der Waals surface area contributed by atoms with Gasteiger partial charge in [0.1, 0.15) is 0 Å². The Hall–Kier alpha value is -5.61. The van der Waals surface area contributed by atoms with Gasteiger partial charge >= 0.3 is 0 Å². The highest BCUT2D eigenvalue weighted by Crippen LogP contribution is 2.41. The van der Waals surface area contributed by atoms with Crippen LogP contribution in [0.5, 0.6) is 0 Å². The Labute approximate surface area is 348 Å². The van der Waals surface area contributed by atoms with Crippen molar-refractivity contribution in [2.24, 2.45) is 15.0 Å². The smallest absolute Gasteiger partial charge is 0.0812 e. The summed E-state index contributed by atoms with van der Waals surface area (Å²) in [5, 5.41) is 0. The predicted octanol–water partition coefficient (Wildman–Crippen LogP) is 12.9. The van der Waals surface area contributed by atoms with E-state index in [1.54, 1.807) is 18.6 Å². The molecule has 0 fully saturated rings. The number of nitrogens with zero attached hydrogens (tertiary/aromatic N) is 6. The zero-order valence-corrected chi connectivity index (χ0v) is 34.6. The first-order valence-electron chi connectivity index (χ1n) is 18.6. The fourth-order valence-electron chi connectivity index (χ4n) is 6.31. The highest BCUT2D eigenvalue weighted by Gasteiger charge is 2.19. The number of hydrogen-bond donors (Lipinski definition) is 0. The second kappa shape index (κ2) is 20.0. The Bertz CT molecular complexity index is 2210. The Morgan fingerprint density at radius 2 is 0.667 bits per heavy atom. The van der Waals surface area contributed by atoms with E-state index in [4.69, 9.17) is 15.0 Å². The van der Waals surface area contributed by atoms with E-state index in [0.717, 1.165) is 66.1 Å². The van der Waals surface area contributed by atoms with Gasteiger partial charge in [0.05, 0.1) is 52.8 Å². The largest absolute Gasteiger partial charge is 0.255 e. The van der Waals surface area contributed by atoms with Crippen molar-refractivity contribution in [3.63, 3.8) is 0 Å². The van der Waals surface area contributed by atoms with Crippen molar-refractivity contribution in [1.29, 1.82) is 0 Å². The Balaban J connectivity index is 1.19. The number of para-hydroxylation sites is 3. The lowest BCUT2D eigenvalue weighted by Crippen LogP contribution is -2.06. The van der Waals surface area contributed by atoms with Crippen LogP contribution in [0, 0.1) is 20.8 Å². The molecule has 0 amide bonds. The molecule has 57 heavy (non-hydrogen) atoms. The third-order valence-corrected chi connectivity index (χ3v) is 12.8. The van der Waals surface area contributed by atoms with Gasteiger partial charge in [-0.25, -0.2) is 0 Å². The zero-order chi connectivity index (χ0) is 39.2. The number of hydrogen-bond acceptors (Lipinski definition) is 9. The predicted molar refractivity (Wildman–Crippen MR) is 243 cm³/mol. The Morgan fingerprint density at radius 3 is 0.947 bits per heavy atom. The molecule has 0 saturated carbocycles. The molecule has 282 valence electrons. The minimum absolute atomic E-state index is 0.819. The molecule has 4 aromatic carbocycles. The molecular weight excluding hydrogens is 757 g/mol. The van der Waals surface area contributed by atoms with Crippen LogP contribution in [0.15, 0.2) is 176 Å². The second-order valence-corrected chi connectivity index (χ2v) is 16.2. The van der Waals surface area contributed by atoms with Crippen LogP contribution < -0.4 is 0 Å². The van der Waals surface area contributed by atoms with Crippen LogP contribution in [-0.2, 0) is 17.3 Å². The van der Waals surface area contributed by atoms with Gasteiger partial charge in [0.25, 0.3) is 0 Å². The third kappa shape index (κ3) is 10.6. The van der Waals surface area contributed by atoms with E-state index in [2.05, 4.69) is 90.3 Å². The standard InChI is InChI=1S/C48H42N6S3/c1-34-40(31-55-46-22-7-4-19-43(46)52-28-37-16-10-13-25-49-37)35(2)42(33-57-48-24-9-6-21-45(48)54-30-39-18-12-15-27-51-39)36(3)41(34)32-56-47-23-8-5-20-44(47)53-29-38-17-11-14-26-50-38/h4-30H,31-33H2,1-3H3. The summed E-state index contributed by atoms with van der Waals surface area (Å²) in [7, 11) is 0. The van der Waals surface area contributed by atoms with Gasteiger partial charge in [-0.15, -0.1) is 35.3 Å². The number of rotatable bonds is 15. The number of aliphatic imine (C=N–C) groups is 3. The van der Waals surface area contributed by atoms with Crippen molar-refractivity contribution < 1.29 is 0 Å². The summed E-state index contributed by atoms with van der Waals surface area (Å²) in [6.45, 7) is 6.88. The van der Waals surface area contributed by atoms with Gasteiger partial charge in [-0.05, 0) is 127 Å². The maximum atomic E-state index is 4.85. The van der Waals surface area contributed by atoms with E-state index >= 15 is 0 Å². The molecule has 7 aromatic rings. The molecular formula is C48H42N6S3. The first kappa shape index (κ1) is 39.6. The molecule has 0 spiro atoms. The number of aromatic nitrogens is 3. The molecule has 0 saturated heterocycles. The molecule has 3 heterocycles. The minimum Gasteiger partial charge on any atom is -0.255 e. The number of thioether (sulfide) groups is 3. The molecule has 3 aromatic heterocycles. The quantitative estimate of drug-likeness (QED) is 0.0759. The van der Waals surface area contributed by atoms with Crippen molar-refractivity contribution in [2.75, 3.05) is 0 Å². The average Bonchev–Trinajstić information content (AvgIpc) is 3.26. The maximum Gasteiger partial charge on any atom is 0.0812 e. The molecule has 9 heteroatoms. The summed E-state index contributed by atoms with van der Waals surface area (Å²) in [4.78, 5) is 31.2. The SMILES string of the molecule is Cc1c(CSc2ccccc2N=Cc2ccccn2)c(C)c(CSc2ccccc2N=Cc2ccccn2)c(C)c1CSc1ccccc1N=Cc1ccccn1. The van der Waals surface area contributed by atoms with Crippen molar-refractivity contribution in [3.8, 4) is 0 Å². The van der Waals surface area contributed by atoms with Crippen LogP contribution in [0.25, 0.3) is 0 Å². The summed E-state index contributed by atoms with van der Waals surface area (Å²) < 4.78 is 0. The molecule has 0 aliphatic carbocycles. The van der Waals surface area contributed by atoms with E-state index < -0.39 is 0 Å². The van der Waals surface area contributed by atoms with Gasteiger partial charge in [-0.1, -0.05) is 54.6 Å². The molecule has 0 aliphatic rings. The molecule has 6 nitrogen and oxygen atoms in total. The lowest BCUT2D eigenvalue weighted by molar-refractivity contribution is 1.10. The first-order valence-corrected chi connectivity index (χ1v) is 21.6. The summed E-state index contributed by atoms with van der Waals surface area (Å²) in [5.41, 5.74) is 13.4. The molecule has 0 bridgehead atoms. The highest BCUT2D eigenvalue weighted by molar-refractivity contribution is 7.99. The molecule has 0 aliphatic heterocycles. The van der Waals surface area contributed by atoms with E-state index in [9.17, 15) is 0 Å². The monoisotopic (exact) mass is 798 g/mol. The van der Waals surface area contributed by atoms with Crippen LogP contribution in [0.2, 0.25) is 0 Å². The van der Waals surface area contributed by atoms with Gasteiger partial charge in [0.15, 0.2) is 0 Å². The van der Waals surface area contributed by atoms with E-state index in [1.807, 2.05) is 127 Å². The lowest BCUT2D eigenvalue weighted by atomic mass is 9.90. The van der Waals surface area contributed by atoms with Gasteiger partial charge in [0, 0.05) is 50.5 Å². The fourth-order valence-corrected chi connectivity index (χ4v) is 9.84. The third-order valence-electron chi connectivity index (χ3n) is 9.50. The molecule has 0 N–H and O–H groups in total. The normalized spacial score (nSPS) is 11.6. The topological polar surface area (TPSA) is 75.8 Å². The average molecular weight is 799 g/mol. The maximum absolute atomic E-state index is 4.85. The van der Waals surface area contributed by atoms with Crippen molar-refractivity contribution in [2.45, 2.75) is 52.7 Å². The summed E-state index contributed by atoms with van der Waals surface area (Å²) in [6, 6.07) is 42.7. The lowest BCUT2D eigenvalue weighted by Gasteiger charge is -2.23. The second-order valence-electron chi connectivity index (χ2n) is 13.1. The summed E-state index contributed by atoms with van der Waals surface area (Å²) in [6.07, 6.45) is 10.9. The Morgan fingerprint density at radius 1 is 0.386 bits per heavy atom. The molecule has 0 unspecified atom stereocenters. The van der Waals surface area contributed by atoms with Crippen LogP contribution >= 0.6 is 35.3 Å². The minimum atomic E-state index is 0.819. The van der Waals surface area contributed by atoms with Gasteiger partial charge in [-0.2, -0.15) is 0 Å². The van der Waals surface area contributed by atoms with E-state index in [1.165, 1.54) is 33.4 Å². The summed E-state index contributed by atoms with van der Waals surface area (Å²) in [5.74, 6) is 2.46. The number of pyridine rings is 3. The van der Waals surface area contributed by atoms with Crippen molar-refractivity contribution >= 4 is 71.0 Å². The molecule has 0 radical (unpaired) electrons. The summed E-state index contributed by atoms with van der Waals surface area (Å²) >= 11 is 5.50. The van der Waals surface area contributed by atoms with E-state index in [0.29, 0.717) is 0 Å². The zero-order valence-electron chi connectivity index (χ0n) is 32.1. The van der Waals surface area contributed by atoms with Crippen molar-refractivity contribution in [1.82, 2.24) is 15.0 Å². The molecule has 7 rings (SSSR count). The van der Waals surface area contributed by atoms with Crippen molar-refractivity contribution in [3.05, 3.63) is 196 Å². The molecule has 0 atom stereocenters. The Kier molecular flexibility index (Phi) is 13.9. The number of benzene rings is 4. The first-order chi connectivity index (χ1) is 28.0. The van der Waals surface area contributed by atoms with E-state index in [-0.39, 0.29) is 0 Å². The fraction of sp³-hybridized carbons (Fsp3) is 0.125. The van der Waals surface area contributed by atoms with Gasteiger partial charge in [-0.3, -0.25) is 29.9 Å². The van der Waals surface area contributed by atoms with Gasteiger partial charge in [0.2, 0.25) is 0 Å². The van der Waals surface area contributed by atoms with Crippen LogP contribution in [-0.4, -0.2) is 33.6 Å². The van der Waals surface area contributed by atoms with Crippen LogP contribution in [0.1, 0.15) is 50.5 Å².